The number of benzene rings is 1. The lowest BCUT2D eigenvalue weighted by molar-refractivity contribution is 0.0661. The fourth-order valence-corrected chi connectivity index (χ4v) is 4.65. The van der Waals surface area contributed by atoms with Gasteiger partial charge in [-0.25, -0.2) is 0 Å². The quantitative estimate of drug-likeness (QED) is 0.812. The first-order valence-corrected chi connectivity index (χ1v) is 10.2. The van der Waals surface area contributed by atoms with Crippen molar-refractivity contribution >= 4 is 11.6 Å². The summed E-state index contributed by atoms with van der Waals surface area (Å²) in [6.07, 6.45) is 8.06. The molecule has 2 aromatic rings. The Labute approximate surface area is 162 Å². The van der Waals surface area contributed by atoms with E-state index < -0.39 is 0 Å². The fraction of sp³-hybridized carbons (Fsp3) is 0.545. The first-order chi connectivity index (χ1) is 13.0. The SMILES string of the molecule is CN(C)c1cccc(C(=O)N(Cc2nn(C)c3c2CCC3)C2CCCC2)c1. The lowest BCUT2D eigenvalue weighted by Gasteiger charge is -2.29. The highest BCUT2D eigenvalue weighted by molar-refractivity contribution is 5.95. The predicted octanol–water partition coefficient (Wildman–Crippen LogP) is 3.56. The summed E-state index contributed by atoms with van der Waals surface area (Å²) in [6.45, 7) is 0.638. The van der Waals surface area contributed by atoms with Crippen LogP contribution in [0.25, 0.3) is 0 Å². The first-order valence-electron chi connectivity index (χ1n) is 10.2. The highest BCUT2D eigenvalue weighted by Gasteiger charge is 2.30. The molecule has 0 unspecified atom stereocenters. The number of nitrogens with zero attached hydrogens (tertiary/aromatic N) is 4. The van der Waals surface area contributed by atoms with E-state index in [4.69, 9.17) is 5.10 Å². The van der Waals surface area contributed by atoms with Gasteiger partial charge in [-0.05, 0) is 55.9 Å². The molecule has 5 heteroatoms. The Morgan fingerprint density at radius 3 is 2.70 bits per heavy atom. The maximum Gasteiger partial charge on any atom is 0.254 e. The third-order valence-electron chi connectivity index (χ3n) is 6.15. The second kappa shape index (κ2) is 7.37. The summed E-state index contributed by atoms with van der Waals surface area (Å²) in [7, 11) is 6.06. The minimum Gasteiger partial charge on any atom is -0.378 e. The number of hydrogen-bond donors (Lipinski definition) is 0. The van der Waals surface area contributed by atoms with Crippen LogP contribution in [0.2, 0.25) is 0 Å². The van der Waals surface area contributed by atoms with Gasteiger partial charge in [0.25, 0.3) is 5.91 Å². The van der Waals surface area contributed by atoms with Gasteiger partial charge in [-0.1, -0.05) is 18.9 Å². The molecular formula is C22H30N4O. The van der Waals surface area contributed by atoms with E-state index in [1.807, 2.05) is 55.0 Å². The molecule has 1 saturated carbocycles. The van der Waals surface area contributed by atoms with E-state index >= 15 is 0 Å². The van der Waals surface area contributed by atoms with Crippen molar-refractivity contribution in [2.24, 2.45) is 7.05 Å². The van der Waals surface area contributed by atoms with Crippen LogP contribution in [0.15, 0.2) is 24.3 Å². The zero-order chi connectivity index (χ0) is 19.0. The van der Waals surface area contributed by atoms with Gasteiger partial charge in [0.15, 0.2) is 0 Å². The van der Waals surface area contributed by atoms with E-state index in [0.717, 1.165) is 42.6 Å². The summed E-state index contributed by atoms with van der Waals surface area (Å²) in [6, 6.07) is 8.31. The number of anilines is 1. The summed E-state index contributed by atoms with van der Waals surface area (Å²) in [4.78, 5) is 17.6. The van der Waals surface area contributed by atoms with Crippen LogP contribution < -0.4 is 4.90 Å². The molecule has 1 fully saturated rings. The molecule has 144 valence electrons. The minimum absolute atomic E-state index is 0.142. The highest BCUT2D eigenvalue weighted by atomic mass is 16.2. The molecule has 1 aromatic carbocycles. The lowest BCUT2D eigenvalue weighted by Crippen LogP contribution is -2.38. The third kappa shape index (κ3) is 3.47. The molecule has 0 atom stereocenters. The number of fused-ring (bicyclic) bond motifs is 1. The van der Waals surface area contributed by atoms with Crippen LogP contribution in [0, 0.1) is 0 Å². The second-order valence-electron chi connectivity index (χ2n) is 8.17. The number of aromatic nitrogens is 2. The minimum atomic E-state index is 0.142. The Hall–Kier alpha value is -2.30. The smallest absolute Gasteiger partial charge is 0.254 e. The molecule has 4 rings (SSSR count). The maximum atomic E-state index is 13.5. The van der Waals surface area contributed by atoms with Gasteiger partial charge in [0.2, 0.25) is 0 Å². The Morgan fingerprint density at radius 1 is 1.19 bits per heavy atom. The van der Waals surface area contributed by atoms with Crippen molar-refractivity contribution in [1.29, 1.82) is 0 Å². The molecule has 5 nitrogen and oxygen atoms in total. The van der Waals surface area contributed by atoms with Crippen LogP contribution in [0.5, 0.6) is 0 Å². The molecule has 0 N–H and O–H groups in total. The second-order valence-corrected chi connectivity index (χ2v) is 8.17. The van der Waals surface area contributed by atoms with E-state index in [1.54, 1.807) is 0 Å². The van der Waals surface area contributed by atoms with E-state index in [9.17, 15) is 4.79 Å². The van der Waals surface area contributed by atoms with Crippen molar-refractivity contribution in [3.05, 3.63) is 46.8 Å². The Bertz CT molecular complexity index is 833. The monoisotopic (exact) mass is 366 g/mol. The zero-order valence-corrected chi connectivity index (χ0v) is 16.7. The van der Waals surface area contributed by atoms with Gasteiger partial charge < -0.3 is 9.80 Å². The topological polar surface area (TPSA) is 41.4 Å². The molecule has 1 aromatic heterocycles. The largest absolute Gasteiger partial charge is 0.378 e. The molecular weight excluding hydrogens is 336 g/mol. The summed E-state index contributed by atoms with van der Waals surface area (Å²) in [5.74, 6) is 0.142. The molecule has 0 spiro atoms. The number of carbonyl (C=O) groups excluding carboxylic acids is 1. The molecule has 2 aliphatic carbocycles. The molecule has 27 heavy (non-hydrogen) atoms. The third-order valence-corrected chi connectivity index (χ3v) is 6.15. The Morgan fingerprint density at radius 2 is 1.96 bits per heavy atom. The molecule has 1 amide bonds. The molecule has 1 heterocycles. The van der Waals surface area contributed by atoms with Gasteiger partial charge in [-0.15, -0.1) is 0 Å². The van der Waals surface area contributed by atoms with Crippen molar-refractivity contribution in [3.63, 3.8) is 0 Å². The van der Waals surface area contributed by atoms with E-state index in [2.05, 4.69) is 4.90 Å². The van der Waals surface area contributed by atoms with Crippen LogP contribution in [0.1, 0.15) is 59.4 Å². The van der Waals surface area contributed by atoms with Gasteiger partial charge >= 0.3 is 0 Å². The Kier molecular flexibility index (Phi) is 4.94. The summed E-state index contributed by atoms with van der Waals surface area (Å²) < 4.78 is 2.03. The average Bonchev–Trinajstić information content (AvgIpc) is 3.40. The number of aryl methyl sites for hydroxylation is 1. The van der Waals surface area contributed by atoms with Gasteiger partial charge in [-0.3, -0.25) is 9.48 Å². The molecule has 0 bridgehead atoms. The maximum absolute atomic E-state index is 13.5. The Balaban J connectivity index is 1.64. The van der Waals surface area contributed by atoms with Gasteiger partial charge in [-0.2, -0.15) is 5.10 Å². The van der Waals surface area contributed by atoms with Crippen molar-refractivity contribution in [2.45, 2.75) is 57.5 Å². The van der Waals surface area contributed by atoms with Crippen molar-refractivity contribution in [3.8, 4) is 0 Å². The molecule has 0 aliphatic heterocycles. The summed E-state index contributed by atoms with van der Waals surface area (Å²) >= 11 is 0. The van der Waals surface area contributed by atoms with E-state index in [0.29, 0.717) is 12.6 Å². The van der Waals surface area contributed by atoms with Gasteiger partial charge in [0.05, 0.1) is 12.2 Å². The van der Waals surface area contributed by atoms with Crippen LogP contribution in [0.4, 0.5) is 5.69 Å². The number of rotatable bonds is 5. The van der Waals surface area contributed by atoms with Crippen LogP contribution >= 0.6 is 0 Å². The standard InChI is InChI=1S/C22H30N4O/c1-24(2)18-11-6-8-16(14-18)22(27)26(17-9-4-5-10-17)15-20-19-12-7-13-21(19)25(3)23-20/h6,8,11,14,17H,4-5,7,9-10,12-13,15H2,1-3H3. The van der Waals surface area contributed by atoms with Gasteiger partial charge in [0.1, 0.15) is 0 Å². The van der Waals surface area contributed by atoms with Crippen molar-refractivity contribution < 1.29 is 4.79 Å². The summed E-state index contributed by atoms with van der Waals surface area (Å²) in [5, 5.41) is 4.78. The van der Waals surface area contributed by atoms with E-state index in [1.165, 1.54) is 30.5 Å². The summed E-state index contributed by atoms with van der Waals surface area (Å²) in [5.41, 5.74) is 5.69. The van der Waals surface area contributed by atoms with Crippen LogP contribution in [-0.4, -0.2) is 40.7 Å². The normalized spacial score (nSPS) is 16.6. The van der Waals surface area contributed by atoms with Crippen LogP contribution in [0.3, 0.4) is 0 Å². The highest BCUT2D eigenvalue weighted by Crippen LogP contribution is 2.30. The van der Waals surface area contributed by atoms with Gasteiger partial charge in [0, 0.05) is 44.1 Å². The number of hydrogen-bond acceptors (Lipinski definition) is 3. The average molecular weight is 367 g/mol. The zero-order valence-electron chi connectivity index (χ0n) is 16.7. The molecule has 2 aliphatic rings. The van der Waals surface area contributed by atoms with Crippen molar-refractivity contribution in [1.82, 2.24) is 14.7 Å². The van der Waals surface area contributed by atoms with Crippen molar-refractivity contribution in [2.75, 3.05) is 19.0 Å². The lowest BCUT2D eigenvalue weighted by atomic mass is 10.1. The van der Waals surface area contributed by atoms with Crippen LogP contribution in [-0.2, 0) is 26.4 Å². The molecule has 0 saturated heterocycles. The number of amides is 1. The predicted molar refractivity (Wildman–Crippen MR) is 108 cm³/mol. The fourth-order valence-electron chi connectivity index (χ4n) is 4.65. The van der Waals surface area contributed by atoms with E-state index in [-0.39, 0.29) is 5.91 Å². The molecule has 0 radical (unpaired) electrons. The number of carbonyl (C=O) groups is 1. The first kappa shape index (κ1) is 18.1.